The number of urea groups is 1. The van der Waals surface area contributed by atoms with E-state index in [0.717, 1.165) is 44.6 Å². The van der Waals surface area contributed by atoms with Crippen molar-refractivity contribution in [3.8, 4) is 0 Å². The Labute approximate surface area is 136 Å². The van der Waals surface area contributed by atoms with E-state index in [4.69, 9.17) is 0 Å². The first-order valence-electron chi connectivity index (χ1n) is 8.42. The van der Waals surface area contributed by atoms with Gasteiger partial charge in [-0.05, 0) is 44.7 Å². The number of carbonyl (C=O) groups excluding carboxylic acids is 2. The molecule has 0 saturated carbocycles. The molecule has 23 heavy (non-hydrogen) atoms. The number of aromatic nitrogens is 1. The molecule has 1 aromatic heterocycles. The number of imide groups is 1. The van der Waals surface area contributed by atoms with Crippen molar-refractivity contribution in [2.24, 2.45) is 0 Å². The molecule has 4 heterocycles. The predicted molar refractivity (Wildman–Crippen MR) is 86.1 cm³/mol. The minimum Gasteiger partial charge on any atom is -0.356 e. The first kappa shape index (κ1) is 14.5. The molecule has 0 aromatic carbocycles. The van der Waals surface area contributed by atoms with Crippen LogP contribution in [0.5, 0.6) is 0 Å². The molecule has 1 unspecified atom stereocenters. The number of nitrogens with zero attached hydrogens (tertiary/aromatic N) is 4. The van der Waals surface area contributed by atoms with Crippen LogP contribution in [0.2, 0.25) is 0 Å². The van der Waals surface area contributed by atoms with Crippen molar-refractivity contribution in [2.45, 2.75) is 44.2 Å². The van der Waals surface area contributed by atoms with E-state index in [0.29, 0.717) is 6.54 Å². The van der Waals surface area contributed by atoms with Crippen molar-refractivity contribution in [1.82, 2.24) is 14.8 Å². The van der Waals surface area contributed by atoms with Crippen LogP contribution in [0.1, 0.15) is 32.6 Å². The summed E-state index contributed by atoms with van der Waals surface area (Å²) >= 11 is 0. The zero-order chi connectivity index (χ0) is 16.0. The monoisotopic (exact) mass is 314 g/mol. The molecular formula is C17H22N4O2. The molecular weight excluding hydrogens is 292 g/mol. The fourth-order valence-corrected chi connectivity index (χ4v) is 4.18. The quantitative estimate of drug-likeness (QED) is 0.782. The maximum Gasteiger partial charge on any atom is 0.327 e. The highest BCUT2D eigenvalue weighted by atomic mass is 16.2. The van der Waals surface area contributed by atoms with Crippen molar-refractivity contribution < 1.29 is 9.59 Å². The molecule has 0 aliphatic carbocycles. The van der Waals surface area contributed by atoms with Crippen LogP contribution in [-0.4, -0.2) is 57.9 Å². The van der Waals surface area contributed by atoms with Crippen molar-refractivity contribution in [3.05, 3.63) is 24.4 Å². The van der Waals surface area contributed by atoms with Gasteiger partial charge in [0.2, 0.25) is 0 Å². The molecule has 3 aliphatic heterocycles. The van der Waals surface area contributed by atoms with Gasteiger partial charge >= 0.3 is 6.03 Å². The van der Waals surface area contributed by atoms with E-state index in [9.17, 15) is 9.59 Å². The van der Waals surface area contributed by atoms with Gasteiger partial charge in [0.1, 0.15) is 11.4 Å². The largest absolute Gasteiger partial charge is 0.356 e. The summed E-state index contributed by atoms with van der Waals surface area (Å²) in [5.74, 6) is 0.980. The lowest BCUT2D eigenvalue weighted by molar-refractivity contribution is -0.133. The van der Waals surface area contributed by atoms with E-state index in [2.05, 4.69) is 9.88 Å². The van der Waals surface area contributed by atoms with E-state index in [1.165, 1.54) is 0 Å². The molecule has 1 atom stereocenters. The van der Waals surface area contributed by atoms with Gasteiger partial charge in [0, 0.05) is 31.9 Å². The van der Waals surface area contributed by atoms with Crippen LogP contribution < -0.4 is 4.90 Å². The average molecular weight is 314 g/mol. The van der Waals surface area contributed by atoms with Crippen LogP contribution in [0.4, 0.5) is 10.6 Å². The number of anilines is 1. The molecule has 6 nitrogen and oxygen atoms in total. The minimum absolute atomic E-state index is 0.0105. The number of carbonyl (C=O) groups is 2. The third-order valence-electron chi connectivity index (χ3n) is 5.56. The fraction of sp³-hybridized carbons (Fsp3) is 0.588. The summed E-state index contributed by atoms with van der Waals surface area (Å²) in [5.41, 5.74) is -0.588. The Morgan fingerprint density at radius 3 is 2.61 bits per heavy atom. The molecule has 1 aromatic rings. The minimum atomic E-state index is -0.588. The van der Waals surface area contributed by atoms with E-state index in [1.54, 1.807) is 16.0 Å². The Morgan fingerprint density at radius 1 is 1.17 bits per heavy atom. The highest BCUT2D eigenvalue weighted by Crippen LogP contribution is 2.39. The maximum absolute atomic E-state index is 12.8. The lowest BCUT2D eigenvalue weighted by atomic mass is 9.97. The van der Waals surface area contributed by atoms with Gasteiger partial charge < -0.3 is 9.80 Å². The molecule has 3 fully saturated rings. The second-order valence-electron chi connectivity index (χ2n) is 6.89. The van der Waals surface area contributed by atoms with Gasteiger partial charge in [-0.15, -0.1) is 0 Å². The zero-order valence-corrected chi connectivity index (χ0v) is 13.4. The highest BCUT2D eigenvalue weighted by Gasteiger charge is 2.58. The van der Waals surface area contributed by atoms with E-state index in [1.807, 2.05) is 25.1 Å². The first-order valence-corrected chi connectivity index (χ1v) is 8.42. The normalized spacial score (nSPS) is 28.7. The zero-order valence-electron chi connectivity index (χ0n) is 13.4. The van der Waals surface area contributed by atoms with Gasteiger partial charge in [-0.3, -0.25) is 9.69 Å². The summed E-state index contributed by atoms with van der Waals surface area (Å²) < 4.78 is 0. The van der Waals surface area contributed by atoms with Gasteiger partial charge in [-0.1, -0.05) is 6.07 Å². The third-order valence-corrected chi connectivity index (χ3v) is 5.56. The lowest BCUT2D eigenvalue weighted by Crippen LogP contribution is -2.49. The topological polar surface area (TPSA) is 56.8 Å². The van der Waals surface area contributed by atoms with Crippen LogP contribution in [0, 0.1) is 0 Å². The van der Waals surface area contributed by atoms with Gasteiger partial charge in [-0.25, -0.2) is 9.78 Å². The molecule has 4 rings (SSSR count). The SMILES string of the molecule is CC12CCCN1C(=O)N(C1CCN(c3ccccn3)CC1)C2=O. The predicted octanol–water partition coefficient (Wildman–Crippen LogP) is 1.87. The Hall–Kier alpha value is -2.11. The Bertz CT molecular complexity index is 627. The van der Waals surface area contributed by atoms with Gasteiger partial charge in [0.05, 0.1) is 0 Å². The standard InChI is InChI=1S/C17H22N4O2/c1-17-8-4-10-20(17)16(23)21(15(17)22)13-6-11-19(12-7-13)14-5-2-3-9-18-14/h2-3,5,9,13H,4,6-8,10-12H2,1H3. The van der Waals surface area contributed by atoms with Crippen molar-refractivity contribution in [3.63, 3.8) is 0 Å². The molecule has 3 amide bonds. The van der Waals surface area contributed by atoms with Crippen molar-refractivity contribution in [2.75, 3.05) is 24.5 Å². The van der Waals surface area contributed by atoms with Gasteiger partial charge in [-0.2, -0.15) is 0 Å². The average Bonchev–Trinajstić information content (AvgIpc) is 3.06. The number of pyridine rings is 1. The van der Waals surface area contributed by atoms with E-state index >= 15 is 0 Å². The van der Waals surface area contributed by atoms with Gasteiger partial charge in [0.25, 0.3) is 5.91 Å². The molecule has 0 radical (unpaired) electrons. The smallest absolute Gasteiger partial charge is 0.327 e. The van der Waals surface area contributed by atoms with Crippen molar-refractivity contribution in [1.29, 1.82) is 0 Å². The Kier molecular flexibility index (Phi) is 3.28. The van der Waals surface area contributed by atoms with Gasteiger partial charge in [0.15, 0.2) is 0 Å². The Morgan fingerprint density at radius 2 is 1.96 bits per heavy atom. The van der Waals surface area contributed by atoms with Crippen LogP contribution in [0.15, 0.2) is 24.4 Å². The van der Waals surface area contributed by atoms with Crippen LogP contribution >= 0.6 is 0 Å². The fourth-order valence-electron chi connectivity index (χ4n) is 4.18. The number of hydrogen-bond donors (Lipinski definition) is 0. The summed E-state index contributed by atoms with van der Waals surface area (Å²) in [6.07, 6.45) is 5.15. The summed E-state index contributed by atoms with van der Waals surface area (Å²) in [7, 11) is 0. The van der Waals surface area contributed by atoms with E-state index < -0.39 is 5.54 Å². The van der Waals surface area contributed by atoms with E-state index in [-0.39, 0.29) is 18.0 Å². The second-order valence-corrected chi connectivity index (χ2v) is 6.89. The summed E-state index contributed by atoms with van der Waals surface area (Å²) in [6, 6.07) is 5.84. The molecule has 3 aliphatic rings. The number of fused-ring (bicyclic) bond motifs is 1. The lowest BCUT2D eigenvalue weighted by Gasteiger charge is -2.36. The van der Waals surface area contributed by atoms with Crippen molar-refractivity contribution >= 4 is 17.8 Å². The molecule has 0 bridgehead atoms. The number of piperidine rings is 1. The molecule has 122 valence electrons. The molecule has 0 spiro atoms. The summed E-state index contributed by atoms with van der Waals surface area (Å²) in [5, 5.41) is 0. The molecule has 6 heteroatoms. The second kappa shape index (κ2) is 5.22. The summed E-state index contributed by atoms with van der Waals surface area (Å²) in [6.45, 7) is 4.29. The molecule has 0 N–H and O–H groups in total. The van der Waals surface area contributed by atoms with Crippen LogP contribution in [0.3, 0.4) is 0 Å². The number of rotatable bonds is 2. The first-order chi connectivity index (χ1) is 11.1. The summed E-state index contributed by atoms with van der Waals surface area (Å²) in [4.78, 5) is 35.4. The maximum atomic E-state index is 12.8. The molecule has 3 saturated heterocycles. The highest BCUT2D eigenvalue weighted by molar-refractivity contribution is 6.07. The number of amides is 3. The van der Waals surface area contributed by atoms with Crippen LogP contribution in [0.25, 0.3) is 0 Å². The third kappa shape index (κ3) is 2.11. The van der Waals surface area contributed by atoms with Crippen LogP contribution in [-0.2, 0) is 4.79 Å². The number of hydrogen-bond acceptors (Lipinski definition) is 4. The Balaban J connectivity index is 1.47.